The van der Waals surface area contributed by atoms with E-state index in [0.717, 1.165) is 18.7 Å². The fourth-order valence-electron chi connectivity index (χ4n) is 14.3. The molecule has 0 aromatic carbocycles. The zero-order chi connectivity index (χ0) is 85.0. The first-order valence-electron chi connectivity index (χ1n) is 38.7. The SMILES string of the molecule is CC(C)C[C@H](NC(=O)CNC(=O)[C@H](C)NC(=O)[C@H](CC(=O)O)NC(=O)[C@H](CC(=O)O)NC(=O)[C@H](C)NC(=O)[C@@H]1CCCN1C(=O)[C@H](CCCCN)NC(=O)CNC(=O)[C@@H]1CCCN1C(=O)[C@@H]1CCCN1C(=O)[C@@H]1CCCN1C(=O)[C@@H](N)CCC(=O)O)C(=O)N[C@H](C(=O)N[C@@H](CCCNC(=N)N)C(=O)N1CCC[C@H]1C(=O)O)C(C)C. The van der Waals surface area contributed by atoms with E-state index in [1.165, 1.54) is 19.6 Å². The quantitative estimate of drug-likeness (QED) is 0.0153. The number of carbonyl (C=O) groups excluding carboxylic acids is 15. The molecule has 14 atom stereocenters. The minimum absolute atomic E-state index is 0.00411. The summed E-state index contributed by atoms with van der Waals surface area (Å²) in [6.45, 7) is 8.55. The number of rotatable bonds is 44. The first kappa shape index (κ1) is 93.7. The van der Waals surface area contributed by atoms with Gasteiger partial charge in [0, 0.05) is 45.7 Å². The van der Waals surface area contributed by atoms with Gasteiger partial charge in [0.2, 0.25) is 88.6 Å². The summed E-state index contributed by atoms with van der Waals surface area (Å²) in [6.07, 6.45) is 1.29. The second-order valence-corrected chi connectivity index (χ2v) is 30.0. The van der Waals surface area contributed by atoms with Crippen LogP contribution >= 0.6 is 0 Å². The maximum absolute atomic E-state index is 14.4. The molecular formula is C71H114N20O23. The smallest absolute Gasteiger partial charge is 0.326 e. The van der Waals surface area contributed by atoms with Crippen molar-refractivity contribution >= 4 is 118 Å². The summed E-state index contributed by atoms with van der Waals surface area (Å²) in [4.78, 5) is 261. The molecule has 636 valence electrons. The van der Waals surface area contributed by atoms with Gasteiger partial charge in [0.15, 0.2) is 5.96 Å². The molecule has 0 aromatic heterocycles. The molecule has 22 N–H and O–H groups in total. The molecule has 5 rings (SSSR count). The Bertz CT molecular complexity index is 3550. The van der Waals surface area contributed by atoms with E-state index in [2.05, 4.69) is 58.5 Å². The average molecular weight is 1620 g/mol. The van der Waals surface area contributed by atoms with Gasteiger partial charge in [-0.3, -0.25) is 91.7 Å². The van der Waals surface area contributed by atoms with Crippen LogP contribution in [-0.4, -0.2) is 307 Å². The summed E-state index contributed by atoms with van der Waals surface area (Å²) >= 11 is 0. The highest BCUT2D eigenvalue weighted by atomic mass is 16.4. The fraction of sp³-hybridized carbons (Fsp3) is 0.718. The van der Waals surface area contributed by atoms with Crippen molar-refractivity contribution in [3.05, 3.63) is 0 Å². The van der Waals surface area contributed by atoms with Crippen LogP contribution in [0, 0.1) is 17.2 Å². The van der Waals surface area contributed by atoms with Gasteiger partial charge in [0.25, 0.3) is 0 Å². The molecule has 5 aliphatic rings. The molecule has 43 heteroatoms. The van der Waals surface area contributed by atoms with Crippen LogP contribution in [0.25, 0.3) is 0 Å². The minimum Gasteiger partial charge on any atom is -0.481 e. The van der Waals surface area contributed by atoms with Crippen molar-refractivity contribution in [2.75, 3.05) is 58.9 Å². The highest BCUT2D eigenvalue weighted by Gasteiger charge is 2.48. The van der Waals surface area contributed by atoms with Crippen molar-refractivity contribution in [2.45, 2.75) is 255 Å². The van der Waals surface area contributed by atoms with Crippen molar-refractivity contribution in [3.63, 3.8) is 0 Å². The van der Waals surface area contributed by atoms with Gasteiger partial charge >= 0.3 is 23.9 Å². The topological polar surface area (TPSA) is 656 Å². The number of carboxylic acids is 4. The Morgan fingerprint density at radius 3 is 1.37 bits per heavy atom. The standard InChI is InChI=1S/C71H114N20O23/c1-36(2)31-43(61(104)86-56(37(3)4)64(107)83-42(16-9-25-76-71(74)75)67(110)91-30-14-21-50(91)70(113)114)82-52(93)34-77-57(100)38(5)79-59(102)44(32-54(96)97)85-60(103)45(33-55(98)99)84-58(101)39(6)80-63(106)47-18-11-26-87(47)66(109)41(15-7-8-24-72)81-51(92)35-78-62(105)46-17-10-27-88(46)68(111)49-20-13-29-90(49)69(112)48-19-12-28-89(48)65(108)40(73)22-23-53(94)95/h36-50,56H,7-35,72-73H2,1-6H3,(H,77,100)(H,78,105)(H,79,102)(H,80,106)(H,81,92)(H,82,93)(H,83,107)(H,84,101)(H,85,103)(H,86,104)(H,94,95)(H,96,97)(H,98,99)(H,113,114)(H4,74,75,76)/t38-,39-,40-,41-,42-,43-,44-,45-,46-,47-,48-,49-,50-,56-/m0/s1. The van der Waals surface area contributed by atoms with Crippen LogP contribution in [0.5, 0.6) is 0 Å². The van der Waals surface area contributed by atoms with Crippen LogP contribution in [0.4, 0.5) is 0 Å². The second-order valence-electron chi connectivity index (χ2n) is 30.0. The van der Waals surface area contributed by atoms with E-state index in [0.29, 0.717) is 44.9 Å². The van der Waals surface area contributed by atoms with Gasteiger partial charge in [0.1, 0.15) is 78.5 Å². The molecule has 114 heavy (non-hydrogen) atoms. The summed E-state index contributed by atoms with van der Waals surface area (Å²) in [5.74, 6) is -19.7. The van der Waals surface area contributed by atoms with Crippen molar-refractivity contribution in [1.29, 1.82) is 5.41 Å². The average Bonchev–Trinajstić information content (AvgIpc) is 1.91. The summed E-state index contributed by atoms with van der Waals surface area (Å²) in [7, 11) is 0. The van der Waals surface area contributed by atoms with Crippen molar-refractivity contribution in [1.82, 2.24) is 83.0 Å². The number of nitrogens with zero attached hydrogens (tertiary/aromatic N) is 5. The molecule has 5 saturated heterocycles. The first-order chi connectivity index (χ1) is 53.8. The summed E-state index contributed by atoms with van der Waals surface area (Å²) in [5.41, 5.74) is 17.2. The Balaban J connectivity index is 1.14. The van der Waals surface area contributed by atoms with Crippen molar-refractivity contribution in [2.24, 2.45) is 29.0 Å². The number of unbranched alkanes of at least 4 members (excludes halogenated alkanes) is 1. The number of amides is 15. The Kier molecular flexibility index (Phi) is 37.1. The van der Waals surface area contributed by atoms with Gasteiger partial charge in [-0.2, -0.15) is 0 Å². The monoisotopic (exact) mass is 1610 g/mol. The van der Waals surface area contributed by atoms with Gasteiger partial charge in [-0.25, -0.2) is 4.79 Å². The third kappa shape index (κ3) is 28.0. The normalized spacial score (nSPS) is 20.3. The van der Waals surface area contributed by atoms with E-state index in [9.17, 15) is 106 Å². The molecule has 15 amide bonds. The van der Waals surface area contributed by atoms with Crippen LogP contribution in [0.1, 0.15) is 170 Å². The zero-order valence-corrected chi connectivity index (χ0v) is 65.3. The number of aliphatic carboxylic acids is 4. The number of carbonyl (C=O) groups is 19. The number of hydrogen-bond donors (Lipinski definition) is 19. The summed E-state index contributed by atoms with van der Waals surface area (Å²) in [6, 6.07) is -18.8. The van der Waals surface area contributed by atoms with Crippen LogP contribution in [-0.2, 0) is 91.1 Å². The van der Waals surface area contributed by atoms with Gasteiger partial charge in [-0.1, -0.05) is 27.7 Å². The van der Waals surface area contributed by atoms with Crippen molar-refractivity contribution < 1.29 is 112 Å². The molecular weight excluding hydrogens is 1500 g/mol. The predicted octanol–water partition coefficient (Wildman–Crippen LogP) is -6.59. The number of guanidine groups is 1. The minimum atomic E-state index is -2.05. The van der Waals surface area contributed by atoms with Gasteiger partial charge in [0.05, 0.1) is 32.0 Å². The van der Waals surface area contributed by atoms with E-state index in [4.69, 9.17) is 27.7 Å². The Morgan fingerprint density at radius 2 is 0.851 bits per heavy atom. The van der Waals surface area contributed by atoms with Gasteiger partial charge in [-0.15, -0.1) is 0 Å². The van der Waals surface area contributed by atoms with Crippen molar-refractivity contribution in [3.8, 4) is 0 Å². The maximum atomic E-state index is 14.4. The highest BCUT2D eigenvalue weighted by molar-refractivity contribution is 6.01. The second kappa shape index (κ2) is 45.1. The third-order valence-corrected chi connectivity index (χ3v) is 20.3. The number of hydrogen-bond acceptors (Lipinski definition) is 22. The Morgan fingerprint density at radius 1 is 0.421 bits per heavy atom. The molecule has 5 aliphatic heterocycles. The summed E-state index contributed by atoms with van der Waals surface area (Å²) in [5, 5.41) is 72.5. The number of nitrogens with two attached hydrogens (primary N) is 3. The molecule has 5 fully saturated rings. The zero-order valence-electron chi connectivity index (χ0n) is 65.3. The maximum Gasteiger partial charge on any atom is 0.326 e. The predicted molar refractivity (Wildman–Crippen MR) is 400 cm³/mol. The lowest BCUT2D eigenvalue weighted by molar-refractivity contribution is -0.150. The lowest BCUT2D eigenvalue weighted by Crippen LogP contribution is -2.60. The Hall–Kier alpha value is -10.9. The summed E-state index contributed by atoms with van der Waals surface area (Å²) < 4.78 is 0. The molecule has 0 unspecified atom stereocenters. The lowest BCUT2D eigenvalue weighted by Gasteiger charge is -2.34. The van der Waals surface area contributed by atoms with Crippen LogP contribution in [0.3, 0.4) is 0 Å². The fourth-order valence-corrected chi connectivity index (χ4v) is 14.3. The first-order valence-corrected chi connectivity index (χ1v) is 38.7. The molecule has 0 saturated carbocycles. The largest absolute Gasteiger partial charge is 0.481 e. The molecule has 0 aromatic rings. The number of carboxylic acid groups (broad SMARTS) is 4. The van der Waals surface area contributed by atoms with E-state index in [1.54, 1.807) is 27.7 Å². The number of likely N-dealkylation sites (tertiary alicyclic amines) is 5. The van der Waals surface area contributed by atoms with Crippen LogP contribution in [0.2, 0.25) is 0 Å². The third-order valence-electron chi connectivity index (χ3n) is 20.3. The molecule has 43 nitrogen and oxygen atoms in total. The van der Waals surface area contributed by atoms with Crippen LogP contribution in [0.15, 0.2) is 0 Å². The molecule has 0 radical (unpaired) electrons. The molecule has 0 bridgehead atoms. The molecule has 0 aliphatic carbocycles. The highest BCUT2D eigenvalue weighted by Crippen LogP contribution is 2.30. The van der Waals surface area contributed by atoms with E-state index < -0.39 is 229 Å². The number of nitrogens with one attached hydrogen (secondary N) is 12. The molecule has 0 spiro atoms. The van der Waals surface area contributed by atoms with E-state index in [1.807, 2.05) is 0 Å². The Labute approximate surface area is 658 Å². The van der Waals surface area contributed by atoms with Crippen LogP contribution < -0.4 is 75.7 Å². The van der Waals surface area contributed by atoms with Gasteiger partial charge < -0.3 is 121 Å². The van der Waals surface area contributed by atoms with E-state index in [-0.39, 0.29) is 128 Å². The molecule has 5 heterocycles. The van der Waals surface area contributed by atoms with E-state index >= 15 is 0 Å². The lowest BCUT2D eigenvalue weighted by atomic mass is 9.99. The van der Waals surface area contributed by atoms with Gasteiger partial charge in [-0.05, 0) is 141 Å².